The number of piperazine rings is 1. The van der Waals surface area contributed by atoms with Gasteiger partial charge in [-0.15, -0.1) is 0 Å². The van der Waals surface area contributed by atoms with E-state index in [2.05, 4.69) is 27.4 Å². The number of hydrogen-bond acceptors (Lipinski definition) is 5. The molecule has 10 nitrogen and oxygen atoms in total. The lowest BCUT2D eigenvalue weighted by Gasteiger charge is -2.36. The van der Waals surface area contributed by atoms with Crippen molar-refractivity contribution in [2.24, 2.45) is 22.7 Å². The van der Waals surface area contributed by atoms with Crippen molar-refractivity contribution in [1.82, 2.24) is 19.7 Å². The number of hydrogen-bond donors (Lipinski definition) is 2. The summed E-state index contributed by atoms with van der Waals surface area (Å²) in [6.45, 7) is 10.9. The Labute approximate surface area is 271 Å². The summed E-state index contributed by atoms with van der Waals surface area (Å²) in [6, 6.07) is 7.13. The second-order valence-electron chi connectivity index (χ2n) is 12.9. The molecule has 1 aromatic carbocycles. The number of benzene rings is 1. The van der Waals surface area contributed by atoms with E-state index in [0.29, 0.717) is 36.8 Å². The van der Waals surface area contributed by atoms with Gasteiger partial charge < -0.3 is 25.0 Å². The van der Waals surface area contributed by atoms with E-state index in [1.165, 1.54) is 18.3 Å². The molecule has 2 aromatic rings. The van der Waals surface area contributed by atoms with Gasteiger partial charge in [-0.3, -0.25) is 19.2 Å². The number of aryl methyl sites for hydroxylation is 1. The van der Waals surface area contributed by atoms with Gasteiger partial charge in [0.2, 0.25) is 17.7 Å². The van der Waals surface area contributed by atoms with Crippen molar-refractivity contribution in [3.05, 3.63) is 53.6 Å². The Morgan fingerprint density at radius 1 is 1.04 bits per heavy atom. The van der Waals surface area contributed by atoms with Crippen molar-refractivity contribution in [1.29, 1.82) is 0 Å². The summed E-state index contributed by atoms with van der Waals surface area (Å²) in [6.07, 6.45) is 7.04. The van der Waals surface area contributed by atoms with Crippen LogP contribution in [-0.2, 0) is 20.9 Å². The largest absolute Gasteiger partial charge is 0.344 e. The van der Waals surface area contributed by atoms with Gasteiger partial charge in [-0.1, -0.05) is 39.7 Å². The number of rotatable bonds is 11. The Hall–Kier alpha value is -3.86. The summed E-state index contributed by atoms with van der Waals surface area (Å²) in [5.41, 5.74) is 0.989. The van der Waals surface area contributed by atoms with Crippen molar-refractivity contribution in [2.45, 2.75) is 78.3 Å². The molecule has 250 valence electrons. The summed E-state index contributed by atoms with van der Waals surface area (Å²) in [7, 11) is 2.00. The fourth-order valence-corrected chi connectivity index (χ4v) is 6.37. The molecular weight excluding hydrogens is 587 g/mol. The molecule has 1 aliphatic heterocycles. The lowest BCUT2D eigenvalue weighted by Crippen LogP contribution is -2.55. The number of aliphatic imine (C=N–C) groups is 1. The summed E-state index contributed by atoms with van der Waals surface area (Å²) in [5.74, 6) is -2.60. The van der Waals surface area contributed by atoms with Gasteiger partial charge in [-0.05, 0) is 68.5 Å². The Morgan fingerprint density at radius 3 is 2.37 bits per heavy atom. The standard InChI is InChI=1S/C35H49FN6O4/c1-6-31(43)39-32(35(46)42-19-17-40(5)18-20-42)24(4)26-14-15-29(28(36)21-26)38-33(44)27(25-12-10-23(3)11-13-25)22-37-34(45)30-9-8-16-41(30)7-2/h8-9,14-16,21-25,27,32H,6-7,10-13,17-20H2,1-5H3,(H,38,44)(H,39,43)/b37-22+/t23-,24-,25-,27?,32+/m0/s1. The molecule has 2 heterocycles. The number of halogens is 1. The fraction of sp³-hybridized carbons (Fsp3) is 0.571. The Balaban J connectivity index is 1.52. The van der Waals surface area contributed by atoms with Crippen LogP contribution in [0, 0.1) is 23.6 Å². The smallest absolute Gasteiger partial charge is 0.293 e. The molecule has 0 radical (unpaired) electrons. The average molecular weight is 637 g/mol. The van der Waals surface area contributed by atoms with Crippen molar-refractivity contribution in [2.75, 3.05) is 38.5 Å². The van der Waals surface area contributed by atoms with Gasteiger partial charge in [-0.2, -0.15) is 0 Å². The monoisotopic (exact) mass is 636 g/mol. The van der Waals surface area contributed by atoms with Crippen LogP contribution in [-0.4, -0.2) is 83.5 Å². The minimum atomic E-state index is -0.851. The summed E-state index contributed by atoms with van der Waals surface area (Å²) in [4.78, 5) is 60.6. The van der Waals surface area contributed by atoms with Crippen LogP contribution in [0.25, 0.3) is 0 Å². The molecule has 2 aliphatic rings. The van der Waals surface area contributed by atoms with Crippen LogP contribution in [0.4, 0.5) is 10.1 Å². The van der Waals surface area contributed by atoms with E-state index in [9.17, 15) is 19.2 Å². The van der Waals surface area contributed by atoms with E-state index in [1.807, 2.05) is 20.2 Å². The molecule has 4 amide bonds. The summed E-state index contributed by atoms with van der Waals surface area (Å²) in [5, 5.41) is 5.60. The number of aromatic nitrogens is 1. The van der Waals surface area contributed by atoms with Gasteiger partial charge in [0.25, 0.3) is 5.91 Å². The number of amides is 4. The van der Waals surface area contributed by atoms with Crippen LogP contribution >= 0.6 is 0 Å². The maximum absolute atomic E-state index is 15.6. The highest BCUT2D eigenvalue weighted by atomic mass is 19.1. The van der Waals surface area contributed by atoms with E-state index < -0.39 is 35.5 Å². The van der Waals surface area contributed by atoms with E-state index in [0.717, 1.165) is 38.8 Å². The summed E-state index contributed by atoms with van der Waals surface area (Å²) < 4.78 is 17.4. The van der Waals surface area contributed by atoms with Gasteiger partial charge in [0.1, 0.15) is 17.6 Å². The van der Waals surface area contributed by atoms with E-state index in [4.69, 9.17) is 0 Å². The van der Waals surface area contributed by atoms with Crippen LogP contribution in [0.3, 0.4) is 0 Å². The number of nitrogens with zero attached hydrogens (tertiary/aromatic N) is 4. The molecule has 1 saturated carbocycles. The van der Waals surface area contributed by atoms with Gasteiger partial charge in [0.05, 0.1) is 11.6 Å². The van der Waals surface area contributed by atoms with Gasteiger partial charge >= 0.3 is 0 Å². The van der Waals surface area contributed by atoms with Crippen molar-refractivity contribution in [3.63, 3.8) is 0 Å². The minimum Gasteiger partial charge on any atom is -0.344 e. The minimum absolute atomic E-state index is 0.00857. The first-order chi connectivity index (χ1) is 22.0. The maximum atomic E-state index is 15.6. The zero-order valence-electron chi connectivity index (χ0n) is 27.8. The Morgan fingerprint density at radius 2 is 1.74 bits per heavy atom. The third-order valence-electron chi connectivity index (χ3n) is 9.61. The van der Waals surface area contributed by atoms with Crippen LogP contribution < -0.4 is 10.6 Å². The first kappa shape index (κ1) is 35.0. The molecule has 4 rings (SSSR count). The van der Waals surface area contributed by atoms with E-state index >= 15 is 4.39 Å². The SMILES string of the molecule is CCC(=O)N[C@@H](C(=O)N1CCN(C)CC1)[C@@H](C)c1ccc(NC(=O)C(/C=N/C(=O)c2cccn2CC)[C@H]2CC[C@H](C)CC2)c(F)c1. The molecule has 1 aromatic heterocycles. The predicted molar refractivity (Wildman–Crippen MR) is 177 cm³/mol. The maximum Gasteiger partial charge on any atom is 0.293 e. The van der Waals surface area contributed by atoms with E-state index in [-0.39, 0.29) is 29.8 Å². The van der Waals surface area contributed by atoms with Crippen molar-refractivity contribution in [3.8, 4) is 0 Å². The van der Waals surface area contributed by atoms with Crippen LogP contribution in [0.5, 0.6) is 0 Å². The summed E-state index contributed by atoms with van der Waals surface area (Å²) >= 11 is 0. The number of anilines is 1. The molecule has 1 saturated heterocycles. The van der Waals surface area contributed by atoms with Gasteiger partial charge in [0, 0.05) is 57.5 Å². The Bertz CT molecular complexity index is 1410. The molecule has 0 bridgehead atoms. The molecule has 1 unspecified atom stereocenters. The first-order valence-corrected chi connectivity index (χ1v) is 16.6. The Kier molecular flexibility index (Phi) is 12.3. The zero-order valence-corrected chi connectivity index (χ0v) is 27.8. The van der Waals surface area contributed by atoms with E-state index in [1.54, 1.807) is 41.5 Å². The van der Waals surface area contributed by atoms with Crippen LogP contribution in [0.2, 0.25) is 0 Å². The average Bonchev–Trinajstić information content (AvgIpc) is 3.54. The first-order valence-electron chi connectivity index (χ1n) is 16.6. The lowest BCUT2D eigenvalue weighted by atomic mass is 9.76. The highest BCUT2D eigenvalue weighted by molar-refractivity contribution is 6.06. The third kappa shape index (κ3) is 8.69. The van der Waals surface area contributed by atoms with Crippen LogP contribution in [0.1, 0.15) is 81.8 Å². The second kappa shape index (κ2) is 16.1. The topological polar surface area (TPSA) is 116 Å². The van der Waals surface area contributed by atoms with Crippen molar-refractivity contribution < 1.29 is 23.6 Å². The van der Waals surface area contributed by atoms with Crippen LogP contribution in [0.15, 0.2) is 41.5 Å². The number of carbonyl (C=O) groups is 4. The highest BCUT2D eigenvalue weighted by Gasteiger charge is 2.34. The normalized spacial score (nSPS) is 21.0. The quantitative estimate of drug-likeness (QED) is 0.347. The second-order valence-corrected chi connectivity index (χ2v) is 12.9. The highest BCUT2D eigenvalue weighted by Crippen LogP contribution is 2.34. The molecule has 3 atom stereocenters. The number of carbonyl (C=O) groups excluding carboxylic acids is 4. The fourth-order valence-electron chi connectivity index (χ4n) is 6.37. The van der Waals surface area contributed by atoms with Gasteiger partial charge in [0.15, 0.2) is 0 Å². The molecule has 0 spiro atoms. The van der Waals surface area contributed by atoms with Crippen molar-refractivity contribution >= 4 is 35.5 Å². The molecule has 46 heavy (non-hydrogen) atoms. The molecular formula is C35H49FN6O4. The number of nitrogens with one attached hydrogen (secondary N) is 2. The molecule has 11 heteroatoms. The molecule has 2 N–H and O–H groups in total. The number of likely N-dealkylation sites (N-methyl/N-ethyl adjacent to an activating group) is 1. The third-order valence-corrected chi connectivity index (χ3v) is 9.61. The molecule has 2 fully saturated rings. The zero-order chi connectivity index (χ0) is 33.4. The predicted octanol–water partition coefficient (Wildman–Crippen LogP) is 4.71. The molecule has 1 aliphatic carbocycles. The lowest BCUT2D eigenvalue weighted by molar-refractivity contribution is -0.138. The van der Waals surface area contributed by atoms with Gasteiger partial charge in [-0.25, -0.2) is 9.38 Å².